The van der Waals surface area contributed by atoms with Gasteiger partial charge in [0, 0.05) is 29.9 Å². The number of anilines is 1. The molecule has 7 nitrogen and oxygen atoms in total. The highest BCUT2D eigenvalue weighted by Gasteiger charge is 2.54. The first-order valence-corrected chi connectivity index (χ1v) is 11.9. The van der Waals surface area contributed by atoms with Crippen molar-refractivity contribution in [3.05, 3.63) is 24.0 Å². The van der Waals surface area contributed by atoms with Gasteiger partial charge >= 0.3 is 0 Å². The van der Waals surface area contributed by atoms with Crippen LogP contribution in [0.3, 0.4) is 0 Å². The van der Waals surface area contributed by atoms with E-state index in [2.05, 4.69) is 32.5 Å². The average Bonchev–Trinajstić information content (AvgIpc) is 3.20. The van der Waals surface area contributed by atoms with Gasteiger partial charge in [-0.25, -0.2) is 4.98 Å². The molecule has 7 heteroatoms. The molecule has 1 aliphatic heterocycles. The fourth-order valence-corrected chi connectivity index (χ4v) is 7.14. The highest BCUT2D eigenvalue weighted by molar-refractivity contribution is 6.06. The number of nitrogens with one attached hydrogen (secondary N) is 3. The van der Waals surface area contributed by atoms with E-state index in [4.69, 9.17) is 0 Å². The fraction of sp³-hybridized carbons (Fsp3) is 0.667. The van der Waals surface area contributed by atoms with Crippen molar-refractivity contribution in [2.45, 2.75) is 62.6 Å². The molecule has 4 N–H and O–H groups in total. The van der Waals surface area contributed by atoms with Crippen molar-refractivity contribution in [1.29, 1.82) is 0 Å². The number of nitrogens with zero attached hydrogens (tertiary/aromatic N) is 2. The Hall–Kier alpha value is -2.12. The van der Waals surface area contributed by atoms with E-state index in [1.54, 1.807) is 6.20 Å². The van der Waals surface area contributed by atoms with Gasteiger partial charge < -0.3 is 25.6 Å². The zero-order chi connectivity index (χ0) is 21.2. The Morgan fingerprint density at radius 2 is 1.97 bits per heavy atom. The number of aromatic amines is 1. The largest absolute Gasteiger partial charge is 0.390 e. The molecule has 2 aromatic heterocycles. The van der Waals surface area contributed by atoms with Crippen LogP contribution in [0.15, 0.2) is 18.5 Å². The minimum atomic E-state index is -0.454. The van der Waals surface area contributed by atoms with Gasteiger partial charge in [0.15, 0.2) is 0 Å². The lowest BCUT2D eigenvalue weighted by Gasteiger charge is -2.58. The van der Waals surface area contributed by atoms with E-state index >= 15 is 0 Å². The van der Waals surface area contributed by atoms with Crippen molar-refractivity contribution >= 4 is 22.6 Å². The van der Waals surface area contributed by atoms with Gasteiger partial charge in [0.2, 0.25) is 0 Å². The topological polar surface area (TPSA) is 93.3 Å². The number of likely N-dealkylation sites (tertiary alicyclic amines) is 1. The van der Waals surface area contributed by atoms with Crippen LogP contribution in [0.2, 0.25) is 0 Å². The van der Waals surface area contributed by atoms with E-state index in [0.717, 1.165) is 61.9 Å². The number of amides is 1. The first-order chi connectivity index (χ1) is 15.0. The summed E-state index contributed by atoms with van der Waals surface area (Å²) in [5.74, 6) is 1.58. The van der Waals surface area contributed by atoms with Crippen molar-refractivity contribution in [1.82, 2.24) is 20.2 Å². The van der Waals surface area contributed by atoms with E-state index in [9.17, 15) is 9.90 Å². The second kappa shape index (κ2) is 7.20. The number of carbonyl (C=O) groups is 1. The molecule has 1 saturated heterocycles. The molecule has 0 aromatic carbocycles. The number of fused-ring (bicyclic) bond motifs is 1. The van der Waals surface area contributed by atoms with Crippen molar-refractivity contribution in [2.24, 2.45) is 17.8 Å². The summed E-state index contributed by atoms with van der Waals surface area (Å²) in [5.41, 5.74) is 1.89. The number of hydrogen-bond acceptors (Lipinski definition) is 5. The van der Waals surface area contributed by atoms with E-state index < -0.39 is 5.60 Å². The predicted molar refractivity (Wildman–Crippen MR) is 120 cm³/mol. The summed E-state index contributed by atoms with van der Waals surface area (Å²) < 4.78 is 0. The van der Waals surface area contributed by atoms with Gasteiger partial charge in [-0.3, -0.25) is 4.79 Å². The first kappa shape index (κ1) is 19.6. The maximum atomic E-state index is 13.3. The number of pyridine rings is 1. The molecule has 2 atom stereocenters. The third kappa shape index (κ3) is 3.42. The van der Waals surface area contributed by atoms with E-state index in [-0.39, 0.29) is 11.9 Å². The lowest BCUT2D eigenvalue weighted by molar-refractivity contribution is -0.129. The van der Waals surface area contributed by atoms with Crippen molar-refractivity contribution < 1.29 is 9.90 Å². The predicted octanol–water partition coefficient (Wildman–Crippen LogP) is 2.74. The molecule has 2 aromatic rings. The Labute approximate surface area is 183 Å². The number of hydrogen-bond donors (Lipinski definition) is 4. The maximum Gasteiger partial charge on any atom is 0.255 e. The number of aliphatic hydroxyl groups is 1. The summed E-state index contributed by atoms with van der Waals surface area (Å²) in [7, 11) is 2.13. The fourth-order valence-electron chi connectivity index (χ4n) is 7.14. The number of H-pyrrole nitrogens is 1. The molecule has 0 radical (unpaired) electrons. The molecular formula is C24H33N5O2. The highest BCUT2D eigenvalue weighted by Crippen LogP contribution is 2.56. The molecule has 4 aliphatic carbocycles. The SMILES string of the molecule is CN1CCC(NC(=O)c2cnc3[nH]ccc3c2NC2C3CC4CC2CC(O)(C4)C3)CC1. The van der Waals surface area contributed by atoms with Crippen molar-refractivity contribution in [3.63, 3.8) is 0 Å². The third-order valence-electron chi connectivity index (χ3n) is 8.44. The second-order valence-electron chi connectivity index (χ2n) is 10.7. The van der Waals surface area contributed by atoms with Crippen LogP contribution in [0.25, 0.3) is 11.0 Å². The number of rotatable bonds is 4. The van der Waals surface area contributed by atoms with Crippen LogP contribution in [0.1, 0.15) is 55.3 Å². The van der Waals surface area contributed by atoms with E-state index in [1.807, 2.05) is 12.3 Å². The minimum absolute atomic E-state index is 0.0323. The van der Waals surface area contributed by atoms with Gasteiger partial charge in [0.05, 0.1) is 16.9 Å². The minimum Gasteiger partial charge on any atom is -0.390 e. The number of carbonyl (C=O) groups excluding carboxylic acids is 1. The zero-order valence-corrected chi connectivity index (χ0v) is 18.2. The normalized spacial score (nSPS) is 35.5. The van der Waals surface area contributed by atoms with Crippen LogP contribution in [-0.2, 0) is 0 Å². The van der Waals surface area contributed by atoms with Crippen LogP contribution < -0.4 is 10.6 Å². The number of aromatic nitrogens is 2. The van der Waals surface area contributed by atoms with Crippen LogP contribution in [0.5, 0.6) is 0 Å². The average molecular weight is 424 g/mol. The third-order valence-corrected chi connectivity index (χ3v) is 8.44. The monoisotopic (exact) mass is 423 g/mol. The summed E-state index contributed by atoms with van der Waals surface area (Å²) in [6.07, 6.45) is 10.7. The van der Waals surface area contributed by atoms with Crippen LogP contribution >= 0.6 is 0 Å². The summed E-state index contributed by atoms with van der Waals surface area (Å²) in [6.45, 7) is 2.03. The van der Waals surface area contributed by atoms with Crippen LogP contribution in [0, 0.1) is 17.8 Å². The van der Waals surface area contributed by atoms with Crippen LogP contribution in [-0.4, -0.2) is 63.7 Å². The highest BCUT2D eigenvalue weighted by atomic mass is 16.3. The van der Waals surface area contributed by atoms with Gasteiger partial charge in [0.1, 0.15) is 5.65 Å². The standard InChI is InChI=1S/C24H33N5O2/c1-29-6-3-17(4-7-29)27-23(30)19-13-26-22-18(2-5-25-22)21(19)28-20-15-8-14-9-16(20)12-24(31,10-14)11-15/h2,5,13-17,20,31H,3-4,6-12H2,1H3,(H,27,30)(H2,25,26,28). The molecular weight excluding hydrogens is 390 g/mol. The quantitative estimate of drug-likeness (QED) is 0.607. The summed E-state index contributed by atoms with van der Waals surface area (Å²) in [5, 5.41) is 19.0. The smallest absolute Gasteiger partial charge is 0.255 e. The Morgan fingerprint density at radius 1 is 1.23 bits per heavy atom. The van der Waals surface area contributed by atoms with E-state index in [1.165, 1.54) is 12.8 Å². The van der Waals surface area contributed by atoms with Gasteiger partial charge in [-0.2, -0.15) is 0 Å². The van der Waals surface area contributed by atoms with Gasteiger partial charge in [0.25, 0.3) is 5.91 Å². The van der Waals surface area contributed by atoms with Gasteiger partial charge in [-0.15, -0.1) is 0 Å². The summed E-state index contributed by atoms with van der Waals surface area (Å²) in [6, 6.07) is 2.54. The molecule has 166 valence electrons. The summed E-state index contributed by atoms with van der Waals surface area (Å²) >= 11 is 0. The summed E-state index contributed by atoms with van der Waals surface area (Å²) in [4.78, 5) is 23.3. The molecule has 3 heterocycles. The maximum absolute atomic E-state index is 13.3. The van der Waals surface area contributed by atoms with Gasteiger partial charge in [-0.05, 0) is 88.9 Å². The molecule has 4 saturated carbocycles. The lowest BCUT2D eigenvalue weighted by Crippen LogP contribution is -2.59. The lowest BCUT2D eigenvalue weighted by atomic mass is 9.52. The van der Waals surface area contributed by atoms with Crippen LogP contribution in [0.4, 0.5) is 5.69 Å². The zero-order valence-electron chi connectivity index (χ0n) is 18.2. The Morgan fingerprint density at radius 3 is 2.68 bits per heavy atom. The molecule has 7 rings (SSSR count). The molecule has 31 heavy (non-hydrogen) atoms. The van der Waals surface area contributed by atoms with Gasteiger partial charge in [-0.1, -0.05) is 0 Å². The Bertz CT molecular complexity index is 979. The van der Waals surface area contributed by atoms with E-state index in [0.29, 0.717) is 29.4 Å². The Kier molecular flexibility index (Phi) is 4.54. The Balaban J connectivity index is 1.29. The van der Waals surface area contributed by atoms with Crippen molar-refractivity contribution in [3.8, 4) is 0 Å². The molecule has 0 spiro atoms. The molecule has 1 amide bonds. The first-order valence-electron chi connectivity index (χ1n) is 11.9. The molecule has 4 bridgehead atoms. The molecule has 5 fully saturated rings. The second-order valence-corrected chi connectivity index (χ2v) is 10.7. The molecule has 5 aliphatic rings. The molecule has 2 unspecified atom stereocenters. The number of piperidine rings is 1. The van der Waals surface area contributed by atoms with Crippen molar-refractivity contribution in [2.75, 3.05) is 25.5 Å².